The van der Waals surface area contributed by atoms with E-state index >= 15 is 0 Å². The molecule has 0 amide bonds. The Labute approximate surface area is 176 Å². The number of anilines is 1. The van der Waals surface area contributed by atoms with Crippen molar-refractivity contribution in [2.75, 3.05) is 32.4 Å². The van der Waals surface area contributed by atoms with E-state index in [4.69, 9.17) is 9.47 Å². The minimum absolute atomic E-state index is 0.497. The van der Waals surface area contributed by atoms with Crippen molar-refractivity contribution in [3.05, 3.63) is 53.7 Å². The molecule has 0 saturated carbocycles. The fourth-order valence-corrected chi connectivity index (χ4v) is 3.44. The van der Waals surface area contributed by atoms with Crippen molar-refractivity contribution < 1.29 is 9.47 Å². The van der Waals surface area contributed by atoms with Crippen LogP contribution in [0.3, 0.4) is 0 Å². The number of fused-ring (bicyclic) bond motifs is 1. The van der Waals surface area contributed by atoms with Gasteiger partial charge in [-0.15, -0.1) is 0 Å². The number of ether oxygens (including phenoxy) is 2. The molecule has 3 aromatic rings. The van der Waals surface area contributed by atoms with Crippen molar-refractivity contribution in [3.63, 3.8) is 0 Å². The molecule has 1 aliphatic heterocycles. The molecule has 0 radical (unpaired) electrons. The second kappa shape index (κ2) is 8.96. The van der Waals surface area contributed by atoms with E-state index in [1.54, 1.807) is 7.11 Å². The van der Waals surface area contributed by atoms with Gasteiger partial charge in [-0.05, 0) is 26.0 Å². The van der Waals surface area contributed by atoms with Crippen LogP contribution in [0.4, 0.5) is 5.95 Å². The van der Waals surface area contributed by atoms with Crippen LogP contribution in [0.5, 0.6) is 11.5 Å². The number of hydrogen-bond donors (Lipinski definition) is 2. The topological polar surface area (TPSA) is 83.9 Å². The molecule has 1 aliphatic rings. The van der Waals surface area contributed by atoms with Crippen molar-refractivity contribution >= 4 is 22.8 Å². The van der Waals surface area contributed by atoms with Crippen LogP contribution in [-0.4, -0.2) is 47.9 Å². The van der Waals surface area contributed by atoms with Gasteiger partial charge in [-0.25, -0.2) is 15.0 Å². The Morgan fingerprint density at radius 3 is 2.70 bits per heavy atom. The number of nitrogens with one attached hydrogen (secondary N) is 2. The van der Waals surface area contributed by atoms with E-state index in [2.05, 4.69) is 36.6 Å². The van der Waals surface area contributed by atoms with Crippen LogP contribution in [0.25, 0.3) is 10.9 Å². The third-order valence-corrected chi connectivity index (χ3v) is 4.90. The molecule has 30 heavy (non-hydrogen) atoms. The van der Waals surface area contributed by atoms with Gasteiger partial charge in [0.2, 0.25) is 11.9 Å². The van der Waals surface area contributed by atoms with E-state index in [1.165, 1.54) is 0 Å². The molecule has 4 rings (SSSR count). The van der Waals surface area contributed by atoms with Crippen LogP contribution < -0.4 is 20.1 Å². The molecule has 0 bridgehead atoms. The predicted molar refractivity (Wildman–Crippen MR) is 118 cm³/mol. The average Bonchev–Trinajstić information content (AvgIpc) is 2.76. The summed E-state index contributed by atoms with van der Waals surface area (Å²) in [6, 6.07) is 13.9. The Morgan fingerprint density at radius 2 is 1.93 bits per heavy atom. The van der Waals surface area contributed by atoms with Crippen LogP contribution in [0.1, 0.15) is 18.2 Å². The molecule has 2 heterocycles. The maximum atomic E-state index is 5.73. The van der Waals surface area contributed by atoms with E-state index in [9.17, 15) is 0 Å². The molecular weight excluding hydrogens is 380 g/mol. The lowest BCUT2D eigenvalue weighted by molar-refractivity contribution is 0.252. The number of hydrogen-bond acceptors (Lipinski definition) is 8. The predicted octanol–water partition coefficient (Wildman–Crippen LogP) is 3.13. The van der Waals surface area contributed by atoms with Crippen LogP contribution in [0.2, 0.25) is 0 Å². The number of aliphatic imine (C=N–C) groups is 1. The summed E-state index contributed by atoms with van der Waals surface area (Å²) < 4.78 is 11.2. The second-order valence-corrected chi connectivity index (χ2v) is 6.97. The minimum Gasteiger partial charge on any atom is -0.496 e. The highest BCUT2D eigenvalue weighted by Crippen LogP contribution is 2.26. The van der Waals surface area contributed by atoms with Crippen molar-refractivity contribution in [2.45, 2.75) is 20.4 Å². The average molecular weight is 406 g/mol. The molecule has 8 heteroatoms. The summed E-state index contributed by atoms with van der Waals surface area (Å²) in [5, 5.41) is 7.47. The monoisotopic (exact) mass is 406 g/mol. The Hall–Kier alpha value is -3.39. The number of guanidine groups is 1. The SMILES string of the molecule is CCOc1cccc2c(C)nc(NC3=NCN(Cc4ccccc4OC)CN3)nc12. The van der Waals surface area contributed by atoms with Crippen LogP contribution in [0, 0.1) is 6.92 Å². The fourth-order valence-electron chi connectivity index (χ4n) is 3.44. The number of benzene rings is 2. The summed E-state index contributed by atoms with van der Waals surface area (Å²) in [6.07, 6.45) is 0. The van der Waals surface area contributed by atoms with Gasteiger partial charge in [-0.1, -0.05) is 30.3 Å². The highest BCUT2D eigenvalue weighted by atomic mass is 16.5. The lowest BCUT2D eigenvalue weighted by Crippen LogP contribution is -2.45. The fraction of sp³-hybridized carbons (Fsp3) is 0.318. The Kier molecular flexibility index (Phi) is 5.94. The molecule has 1 aromatic heterocycles. The van der Waals surface area contributed by atoms with Crippen LogP contribution >= 0.6 is 0 Å². The molecule has 8 nitrogen and oxygen atoms in total. The van der Waals surface area contributed by atoms with Gasteiger partial charge in [0.05, 0.1) is 32.7 Å². The molecule has 2 aromatic carbocycles. The third-order valence-electron chi connectivity index (χ3n) is 4.90. The Bertz CT molecular complexity index is 1070. The summed E-state index contributed by atoms with van der Waals surface area (Å²) >= 11 is 0. The van der Waals surface area contributed by atoms with E-state index < -0.39 is 0 Å². The number of nitrogens with zero attached hydrogens (tertiary/aromatic N) is 4. The molecular formula is C22H26N6O2. The minimum atomic E-state index is 0.497. The zero-order valence-corrected chi connectivity index (χ0v) is 17.5. The van der Waals surface area contributed by atoms with Crippen molar-refractivity contribution in [1.29, 1.82) is 0 Å². The second-order valence-electron chi connectivity index (χ2n) is 6.97. The molecule has 0 atom stereocenters. The van der Waals surface area contributed by atoms with E-state index in [1.807, 2.05) is 50.2 Å². The van der Waals surface area contributed by atoms with Crippen molar-refractivity contribution in [3.8, 4) is 11.5 Å². The smallest absolute Gasteiger partial charge is 0.230 e. The summed E-state index contributed by atoms with van der Waals surface area (Å²) in [5.41, 5.74) is 2.81. The van der Waals surface area contributed by atoms with Gasteiger partial charge in [0.15, 0.2) is 0 Å². The first-order chi connectivity index (χ1) is 14.7. The maximum absolute atomic E-state index is 5.73. The lowest BCUT2D eigenvalue weighted by atomic mass is 10.2. The quantitative estimate of drug-likeness (QED) is 0.651. The van der Waals surface area contributed by atoms with Crippen molar-refractivity contribution in [1.82, 2.24) is 20.2 Å². The van der Waals surface area contributed by atoms with E-state index in [-0.39, 0.29) is 0 Å². The number of aryl methyl sites for hydroxylation is 1. The molecule has 0 saturated heterocycles. The van der Waals surface area contributed by atoms with E-state index in [0.717, 1.165) is 40.2 Å². The van der Waals surface area contributed by atoms with Gasteiger partial charge in [0, 0.05) is 17.5 Å². The standard InChI is InChI=1S/C22H26N6O2/c1-4-30-19-11-7-9-17-15(2)25-22(26-20(17)19)27-21-23-13-28(14-24-21)12-16-8-5-6-10-18(16)29-3/h5-11H,4,12-14H2,1-3H3,(H2,23,24,25,26,27). The van der Waals surface area contributed by atoms with Gasteiger partial charge < -0.3 is 14.8 Å². The summed E-state index contributed by atoms with van der Waals surface area (Å²) in [4.78, 5) is 16.0. The zero-order chi connectivity index (χ0) is 20.9. The lowest BCUT2D eigenvalue weighted by Gasteiger charge is -2.27. The number of aromatic nitrogens is 2. The first-order valence-corrected chi connectivity index (χ1v) is 9.97. The van der Waals surface area contributed by atoms with Gasteiger partial charge in [-0.3, -0.25) is 10.2 Å². The largest absolute Gasteiger partial charge is 0.496 e. The van der Waals surface area contributed by atoms with Gasteiger partial charge >= 0.3 is 0 Å². The van der Waals surface area contributed by atoms with Gasteiger partial charge in [0.25, 0.3) is 0 Å². The number of methoxy groups -OCH3 is 1. The van der Waals surface area contributed by atoms with Crippen LogP contribution in [-0.2, 0) is 6.54 Å². The Balaban J connectivity index is 1.47. The normalized spacial score (nSPS) is 14.2. The van der Waals surface area contributed by atoms with E-state index in [0.29, 0.717) is 31.9 Å². The highest BCUT2D eigenvalue weighted by molar-refractivity contribution is 5.94. The molecule has 0 aliphatic carbocycles. The van der Waals surface area contributed by atoms with Gasteiger partial charge in [-0.2, -0.15) is 0 Å². The number of para-hydroxylation sites is 2. The van der Waals surface area contributed by atoms with Crippen molar-refractivity contribution in [2.24, 2.45) is 4.99 Å². The first-order valence-electron chi connectivity index (χ1n) is 9.97. The summed E-state index contributed by atoms with van der Waals surface area (Å²) in [5.74, 6) is 2.79. The Morgan fingerprint density at radius 1 is 1.10 bits per heavy atom. The molecule has 0 unspecified atom stereocenters. The first kappa shape index (κ1) is 19.9. The molecule has 0 spiro atoms. The summed E-state index contributed by atoms with van der Waals surface area (Å²) in [6.45, 7) is 6.47. The number of rotatable bonds is 6. The molecule has 0 fully saturated rings. The highest BCUT2D eigenvalue weighted by Gasteiger charge is 2.16. The molecule has 2 N–H and O–H groups in total. The molecule has 156 valence electrons. The van der Waals surface area contributed by atoms with Crippen LogP contribution in [0.15, 0.2) is 47.5 Å². The zero-order valence-electron chi connectivity index (χ0n) is 17.5. The maximum Gasteiger partial charge on any atom is 0.230 e. The third kappa shape index (κ3) is 4.28. The summed E-state index contributed by atoms with van der Waals surface area (Å²) in [7, 11) is 1.69. The van der Waals surface area contributed by atoms with Gasteiger partial charge in [0.1, 0.15) is 17.0 Å².